The lowest BCUT2D eigenvalue weighted by Gasteiger charge is -2.10. The Hall–Kier alpha value is -3.54. The van der Waals surface area contributed by atoms with Crippen molar-refractivity contribution in [3.8, 4) is 11.5 Å². The highest BCUT2D eigenvalue weighted by atomic mass is 16.5. The SMILES string of the molecule is O=C(COC(=O)c1ccc(O)cc1O)Nc1cccc2ccccc12. The number of fused-ring (bicyclic) bond motifs is 1. The average Bonchev–Trinajstić information content (AvgIpc) is 2.60. The Balaban J connectivity index is 1.65. The summed E-state index contributed by atoms with van der Waals surface area (Å²) < 4.78 is 4.90. The van der Waals surface area contributed by atoms with Gasteiger partial charge in [0.15, 0.2) is 6.61 Å². The lowest BCUT2D eigenvalue weighted by molar-refractivity contribution is -0.119. The number of esters is 1. The molecule has 0 aliphatic heterocycles. The lowest BCUT2D eigenvalue weighted by Crippen LogP contribution is -2.21. The van der Waals surface area contributed by atoms with Crippen LogP contribution in [0.15, 0.2) is 60.7 Å². The Morgan fingerprint density at radius 2 is 1.72 bits per heavy atom. The van der Waals surface area contributed by atoms with E-state index < -0.39 is 24.2 Å². The fourth-order valence-electron chi connectivity index (χ4n) is 2.42. The van der Waals surface area contributed by atoms with Gasteiger partial charge in [-0.3, -0.25) is 4.79 Å². The van der Waals surface area contributed by atoms with E-state index in [1.165, 1.54) is 12.1 Å². The molecule has 6 nitrogen and oxygen atoms in total. The molecule has 25 heavy (non-hydrogen) atoms. The number of hydrogen-bond donors (Lipinski definition) is 3. The standard InChI is InChI=1S/C19H15NO5/c21-13-8-9-15(17(22)10-13)19(24)25-11-18(23)20-16-7-3-5-12-4-1-2-6-14(12)16/h1-10,21-22H,11H2,(H,20,23). The molecule has 3 rings (SSSR count). The van der Waals surface area contributed by atoms with E-state index in [0.717, 1.165) is 16.8 Å². The molecule has 0 atom stereocenters. The molecule has 3 N–H and O–H groups in total. The first-order valence-corrected chi connectivity index (χ1v) is 7.51. The maximum Gasteiger partial charge on any atom is 0.342 e. The second kappa shape index (κ2) is 6.92. The summed E-state index contributed by atoms with van der Waals surface area (Å²) in [6.45, 7) is -0.498. The van der Waals surface area contributed by atoms with Crippen molar-refractivity contribution in [2.24, 2.45) is 0 Å². The van der Waals surface area contributed by atoms with Gasteiger partial charge in [0.05, 0.1) is 0 Å². The fraction of sp³-hybridized carbons (Fsp3) is 0.0526. The van der Waals surface area contributed by atoms with Crippen LogP contribution in [0.3, 0.4) is 0 Å². The molecule has 0 saturated carbocycles. The smallest absolute Gasteiger partial charge is 0.342 e. The first-order valence-electron chi connectivity index (χ1n) is 7.51. The van der Waals surface area contributed by atoms with E-state index in [4.69, 9.17) is 4.74 Å². The van der Waals surface area contributed by atoms with Crippen LogP contribution in [-0.2, 0) is 9.53 Å². The summed E-state index contributed by atoms with van der Waals surface area (Å²) >= 11 is 0. The van der Waals surface area contributed by atoms with Crippen LogP contribution in [0.1, 0.15) is 10.4 Å². The van der Waals surface area contributed by atoms with Crippen molar-refractivity contribution in [3.05, 3.63) is 66.2 Å². The van der Waals surface area contributed by atoms with Crippen molar-refractivity contribution < 1.29 is 24.5 Å². The molecule has 0 aromatic heterocycles. The van der Waals surface area contributed by atoms with E-state index in [1.807, 2.05) is 36.4 Å². The first kappa shape index (κ1) is 16.3. The van der Waals surface area contributed by atoms with Gasteiger partial charge < -0.3 is 20.3 Å². The topological polar surface area (TPSA) is 95.9 Å². The van der Waals surface area contributed by atoms with Crippen molar-refractivity contribution >= 4 is 28.3 Å². The molecule has 0 heterocycles. The van der Waals surface area contributed by atoms with Gasteiger partial charge in [-0.1, -0.05) is 36.4 Å². The molecule has 0 unspecified atom stereocenters. The summed E-state index contributed by atoms with van der Waals surface area (Å²) in [6.07, 6.45) is 0. The van der Waals surface area contributed by atoms with E-state index in [9.17, 15) is 19.8 Å². The van der Waals surface area contributed by atoms with E-state index >= 15 is 0 Å². The number of amides is 1. The van der Waals surface area contributed by atoms with E-state index in [2.05, 4.69) is 5.32 Å². The number of aromatic hydroxyl groups is 2. The number of phenolic OH excluding ortho intramolecular Hbond substituents is 2. The van der Waals surface area contributed by atoms with Crippen LogP contribution < -0.4 is 5.32 Å². The lowest BCUT2D eigenvalue weighted by atomic mass is 10.1. The molecule has 126 valence electrons. The second-order valence-electron chi connectivity index (χ2n) is 5.35. The Labute approximate surface area is 143 Å². The molecule has 0 fully saturated rings. The zero-order chi connectivity index (χ0) is 17.8. The number of hydrogen-bond acceptors (Lipinski definition) is 5. The molecule has 0 spiro atoms. The van der Waals surface area contributed by atoms with Gasteiger partial charge in [-0.2, -0.15) is 0 Å². The molecule has 1 amide bonds. The molecule has 0 aliphatic rings. The van der Waals surface area contributed by atoms with Crippen LogP contribution in [0, 0.1) is 0 Å². The third-order valence-corrected chi connectivity index (χ3v) is 3.60. The molecular formula is C19H15NO5. The predicted octanol–water partition coefficient (Wildman–Crippen LogP) is 3.05. The highest BCUT2D eigenvalue weighted by Crippen LogP contribution is 2.24. The Bertz CT molecular complexity index is 946. The minimum absolute atomic E-state index is 0.129. The number of benzene rings is 3. The summed E-state index contributed by atoms with van der Waals surface area (Å²) in [4.78, 5) is 23.9. The first-order chi connectivity index (χ1) is 12.0. The zero-order valence-corrected chi connectivity index (χ0v) is 13.1. The van der Waals surface area contributed by atoms with Gasteiger partial charge in [0.1, 0.15) is 17.1 Å². The van der Waals surface area contributed by atoms with Crippen LogP contribution in [0.25, 0.3) is 10.8 Å². The van der Waals surface area contributed by atoms with Crippen molar-refractivity contribution in [3.63, 3.8) is 0 Å². The number of rotatable bonds is 4. The normalized spacial score (nSPS) is 10.4. The molecule has 3 aromatic carbocycles. The Morgan fingerprint density at radius 1 is 0.960 bits per heavy atom. The van der Waals surface area contributed by atoms with Crippen molar-refractivity contribution in [1.82, 2.24) is 0 Å². The Kier molecular flexibility index (Phi) is 4.52. The highest BCUT2D eigenvalue weighted by molar-refractivity contribution is 6.03. The average molecular weight is 337 g/mol. The van der Waals surface area contributed by atoms with E-state index in [-0.39, 0.29) is 11.3 Å². The second-order valence-corrected chi connectivity index (χ2v) is 5.35. The number of nitrogens with one attached hydrogen (secondary N) is 1. The van der Waals surface area contributed by atoms with Crippen LogP contribution in [-0.4, -0.2) is 28.7 Å². The number of phenols is 2. The third kappa shape index (κ3) is 3.69. The molecule has 0 aliphatic carbocycles. The van der Waals surface area contributed by atoms with Gasteiger partial charge in [0, 0.05) is 17.1 Å². The zero-order valence-electron chi connectivity index (χ0n) is 13.1. The third-order valence-electron chi connectivity index (χ3n) is 3.60. The maximum absolute atomic E-state index is 12.0. The summed E-state index contributed by atoms with van der Waals surface area (Å²) in [6, 6.07) is 16.6. The van der Waals surface area contributed by atoms with Crippen molar-refractivity contribution in [1.29, 1.82) is 0 Å². The molecule has 0 radical (unpaired) electrons. The molecule has 0 saturated heterocycles. The molecule has 3 aromatic rings. The van der Waals surface area contributed by atoms with Crippen LogP contribution in [0.5, 0.6) is 11.5 Å². The summed E-state index contributed by atoms with van der Waals surface area (Å²) in [5.41, 5.74) is 0.488. The summed E-state index contributed by atoms with van der Waals surface area (Å²) in [7, 11) is 0. The maximum atomic E-state index is 12.0. The highest BCUT2D eigenvalue weighted by Gasteiger charge is 2.15. The van der Waals surface area contributed by atoms with Crippen molar-refractivity contribution in [2.45, 2.75) is 0 Å². The van der Waals surface area contributed by atoms with E-state index in [1.54, 1.807) is 6.07 Å². The van der Waals surface area contributed by atoms with Crippen LogP contribution >= 0.6 is 0 Å². The fourth-order valence-corrected chi connectivity index (χ4v) is 2.42. The largest absolute Gasteiger partial charge is 0.508 e. The van der Waals surface area contributed by atoms with Gasteiger partial charge in [-0.25, -0.2) is 4.79 Å². The minimum Gasteiger partial charge on any atom is -0.508 e. The minimum atomic E-state index is -0.856. The predicted molar refractivity (Wildman–Crippen MR) is 92.6 cm³/mol. The quantitative estimate of drug-likeness (QED) is 0.636. The number of carbonyl (C=O) groups is 2. The Morgan fingerprint density at radius 3 is 2.52 bits per heavy atom. The van der Waals surface area contributed by atoms with Crippen LogP contribution in [0.2, 0.25) is 0 Å². The van der Waals surface area contributed by atoms with Gasteiger partial charge in [0.25, 0.3) is 5.91 Å². The number of anilines is 1. The molecule has 6 heteroatoms. The van der Waals surface area contributed by atoms with Gasteiger partial charge in [-0.15, -0.1) is 0 Å². The number of ether oxygens (including phenoxy) is 1. The summed E-state index contributed by atoms with van der Waals surface area (Å²) in [5, 5.41) is 23.4. The van der Waals surface area contributed by atoms with Gasteiger partial charge in [0.2, 0.25) is 0 Å². The summed E-state index contributed by atoms with van der Waals surface area (Å²) in [5.74, 6) is -1.95. The van der Waals surface area contributed by atoms with Crippen molar-refractivity contribution in [2.75, 3.05) is 11.9 Å². The monoisotopic (exact) mass is 337 g/mol. The molecule has 0 bridgehead atoms. The molecular weight excluding hydrogens is 322 g/mol. The van der Waals surface area contributed by atoms with E-state index in [0.29, 0.717) is 5.69 Å². The van der Waals surface area contributed by atoms with Gasteiger partial charge in [-0.05, 0) is 23.6 Å². The van der Waals surface area contributed by atoms with Crippen LogP contribution in [0.4, 0.5) is 5.69 Å². The van der Waals surface area contributed by atoms with Gasteiger partial charge >= 0.3 is 5.97 Å². The number of carbonyl (C=O) groups excluding carboxylic acids is 2.